The summed E-state index contributed by atoms with van der Waals surface area (Å²) in [5, 5.41) is 3.02. The molecule has 2 aromatic heterocycles. The van der Waals surface area contributed by atoms with Crippen molar-refractivity contribution >= 4 is 0 Å². The largest absolute Gasteiger partial charge is 0.458 e. The van der Waals surface area contributed by atoms with Crippen molar-refractivity contribution in [3.8, 4) is 11.5 Å². The molecule has 4 heteroatoms. The molecule has 4 nitrogen and oxygen atoms in total. The molecule has 0 fully saturated rings. The van der Waals surface area contributed by atoms with E-state index in [4.69, 9.17) is 8.83 Å². The molecule has 0 saturated heterocycles. The summed E-state index contributed by atoms with van der Waals surface area (Å²) < 4.78 is 10.7. The smallest absolute Gasteiger partial charge is 0.194 e. The number of hydrogen-bond donors (Lipinski definition) is 1. The minimum atomic E-state index is 0.672. The van der Waals surface area contributed by atoms with Crippen molar-refractivity contribution in [1.82, 2.24) is 10.3 Å². The molecule has 0 aliphatic carbocycles. The van der Waals surface area contributed by atoms with E-state index in [9.17, 15) is 0 Å². The summed E-state index contributed by atoms with van der Waals surface area (Å²) >= 11 is 0. The van der Waals surface area contributed by atoms with Crippen molar-refractivity contribution in [3.63, 3.8) is 0 Å². The van der Waals surface area contributed by atoms with E-state index in [1.807, 2.05) is 26.1 Å². The van der Waals surface area contributed by atoms with Crippen LogP contribution in [0.25, 0.3) is 11.5 Å². The monoisotopic (exact) mass is 192 g/mol. The first-order valence-electron chi connectivity index (χ1n) is 4.45. The summed E-state index contributed by atoms with van der Waals surface area (Å²) in [6, 6.07) is 3.79. The van der Waals surface area contributed by atoms with E-state index in [2.05, 4.69) is 10.3 Å². The van der Waals surface area contributed by atoms with Gasteiger partial charge in [-0.1, -0.05) is 0 Å². The first-order chi connectivity index (χ1) is 6.81. The summed E-state index contributed by atoms with van der Waals surface area (Å²) in [5.41, 5.74) is 0.863. The molecular formula is C10H12N2O2. The lowest BCUT2D eigenvalue weighted by molar-refractivity contribution is 0.503. The van der Waals surface area contributed by atoms with Gasteiger partial charge in [-0.2, -0.15) is 0 Å². The van der Waals surface area contributed by atoms with E-state index in [0.717, 1.165) is 17.2 Å². The Morgan fingerprint density at radius 1 is 1.43 bits per heavy atom. The summed E-state index contributed by atoms with van der Waals surface area (Å²) in [7, 11) is 1.87. The van der Waals surface area contributed by atoms with Gasteiger partial charge in [-0.05, 0) is 26.1 Å². The topological polar surface area (TPSA) is 51.2 Å². The first-order valence-corrected chi connectivity index (χ1v) is 4.45. The van der Waals surface area contributed by atoms with Crippen LogP contribution >= 0.6 is 0 Å². The molecular weight excluding hydrogens is 180 g/mol. The van der Waals surface area contributed by atoms with Gasteiger partial charge in [-0.15, -0.1) is 0 Å². The number of aryl methyl sites for hydroxylation is 1. The second-order valence-corrected chi connectivity index (χ2v) is 3.07. The number of hydrogen-bond acceptors (Lipinski definition) is 4. The number of furan rings is 1. The van der Waals surface area contributed by atoms with Gasteiger partial charge in [-0.25, -0.2) is 4.98 Å². The van der Waals surface area contributed by atoms with Gasteiger partial charge in [-0.3, -0.25) is 0 Å². The van der Waals surface area contributed by atoms with Crippen molar-refractivity contribution in [2.45, 2.75) is 13.5 Å². The van der Waals surface area contributed by atoms with Gasteiger partial charge in [0.1, 0.15) is 11.5 Å². The Balaban J connectivity index is 2.36. The normalized spacial score (nSPS) is 10.7. The van der Waals surface area contributed by atoms with Crippen LogP contribution in [0.1, 0.15) is 11.5 Å². The Morgan fingerprint density at radius 3 is 2.93 bits per heavy atom. The fourth-order valence-electron chi connectivity index (χ4n) is 1.32. The molecule has 2 aromatic rings. The molecule has 0 amide bonds. The van der Waals surface area contributed by atoms with E-state index in [-0.39, 0.29) is 0 Å². The third-order valence-corrected chi connectivity index (χ3v) is 1.95. The highest BCUT2D eigenvalue weighted by molar-refractivity contribution is 5.52. The Hall–Kier alpha value is -1.55. The summed E-state index contributed by atoms with van der Waals surface area (Å²) in [6.07, 6.45) is 1.43. The maximum Gasteiger partial charge on any atom is 0.194 e. The van der Waals surface area contributed by atoms with Crippen LogP contribution in [-0.2, 0) is 6.54 Å². The van der Waals surface area contributed by atoms with Crippen LogP contribution in [0.3, 0.4) is 0 Å². The van der Waals surface area contributed by atoms with Gasteiger partial charge in [0.05, 0.1) is 0 Å². The van der Waals surface area contributed by atoms with Gasteiger partial charge in [0, 0.05) is 6.54 Å². The predicted octanol–water partition coefficient (Wildman–Crippen LogP) is 1.96. The molecule has 0 saturated carbocycles. The molecule has 2 rings (SSSR count). The second-order valence-electron chi connectivity index (χ2n) is 3.07. The van der Waals surface area contributed by atoms with Crippen molar-refractivity contribution in [2.24, 2.45) is 0 Å². The minimum Gasteiger partial charge on any atom is -0.458 e. The summed E-state index contributed by atoms with van der Waals surface area (Å²) in [4.78, 5) is 4.10. The van der Waals surface area contributed by atoms with Gasteiger partial charge in [0.2, 0.25) is 0 Å². The molecule has 0 unspecified atom stereocenters. The average molecular weight is 192 g/mol. The van der Waals surface area contributed by atoms with E-state index in [1.54, 1.807) is 0 Å². The lowest BCUT2D eigenvalue weighted by Gasteiger charge is -1.96. The van der Waals surface area contributed by atoms with E-state index in [0.29, 0.717) is 12.3 Å². The van der Waals surface area contributed by atoms with Gasteiger partial charge in [0.25, 0.3) is 0 Å². The molecule has 2 heterocycles. The molecule has 0 aromatic carbocycles. The maximum absolute atomic E-state index is 5.45. The average Bonchev–Trinajstić information content (AvgIpc) is 2.74. The van der Waals surface area contributed by atoms with Crippen molar-refractivity contribution in [2.75, 3.05) is 7.05 Å². The predicted molar refractivity (Wildman–Crippen MR) is 51.7 cm³/mol. The lowest BCUT2D eigenvalue weighted by atomic mass is 10.3. The van der Waals surface area contributed by atoms with E-state index < -0.39 is 0 Å². The van der Waals surface area contributed by atoms with Gasteiger partial charge >= 0.3 is 0 Å². The van der Waals surface area contributed by atoms with Crippen LogP contribution in [0, 0.1) is 6.92 Å². The third-order valence-electron chi connectivity index (χ3n) is 1.95. The molecule has 0 aliphatic heterocycles. The standard InChI is InChI=1S/C10H12N2O2/c1-7-3-4-9(14-7)10-8(5-11-2)12-6-13-10/h3-4,6,11H,5H2,1-2H3. The van der Waals surface area contributed by atoms with Crippen molar-refractivity contribution in [3.05, 3.63) is 30.0 Å². The van der Waals surface area contributed by atoms with Crippen LogP contribution in [0.2, 0.25) is 0 Å². The van der Waals surface area contributed by atoms with Crippen LogP contribution < -0.4 is 5.32 Å². The third kappa shape index (κ3) is 1.56. The highest BCUT2D eigenvalue weighted by Crippen LogP contribution is 2.24. The highest BCUT2D eigenvalue weighted by atomic mass is 16.4. The molecule has 14 heavy (non-hydrogen) atoms. The Kier molecular flexibility index (Phi) is 2.37. The van der Waals surface area contributed by atoms with Crippen molar-refractivity contribution in [1.29, 1.82) is 0 Å². The summed E-state index contributed by atoms with van der Waals surface area (Å²) in [5.74, 6) is 2.30. The fraction of sp³-hybridized carbons (Fsp3) is 0.300. The molecule has 0 bridgehead atoms. The molecule has 1 N–H and O–H groups in total. The number of nitrogens with one attached hydrogen (secondary N) is 1. The van der Waals surface area contributed by atoms with Gasteiger partial charge < -0.3 is 14.2 Å². The number of rotatable bonds is 3. The Morgan fingerprint density at radius 2 is 2.29 bits per heavy atom. The van der Waals surface area contributed by atoms with E-state index in [1.165, 1.54) is 6.39 Å². The fourth-order valence-corrected chi connectivity index (χ4v) is 1.32. The zero-order chi connectivity index (χ0) is 9.97. The maximum atomic E-state index is 5.45. The Labute approximate surface area is 81.9 Å². The zero-order valence-corrected chi connectivity index (χ0v) is 8.20. The lowest BCUT2D eigenvalue weighted by Crippen LogP contribution is -2.06. The first kappa shape index (κ1) is 9.02. The zero-order valence-electron chi connectivity index (χ0n) is 8.20. The quantitative estimate of drug-likeness (QED) is 0.807. The Bertz CT molecular complexity index is 417. The molecule has 0 aliphatic rings. The number of nitrogens with zero attached hydrogens (tertiary/aromatic N) is 1. The van der Waals surface area contributed by atoms with Crippen molar-refractivity contribution < 1.29 is 8.83 Å². The van der Waals surface area contributed by atoms with Crippen LogP contribution in [0.5, 0.6) is 0 Å². The van der Waals surface area contributed by atoms with Crippen LogP contribution in [-0.4, -0.2) is 12.0 Å². The molecule has 0 atom stereocenters. The number of aromatic nitrogens is 1. The molecule has 0 spiro atoms. The minimum absolute atomic E-state index is 0.672. The summed E-state index contributed by atoms with van der Waals surface area (Å²) in [6.45, 7) is 2.57. The number of oxazole rings is 1. The van der Waals surface area contributed by atoms with Crippen LogP contribution in [0.15, 0.2) is 27.4 Å². The molecule has 74 valence electrons. The highest BCUT2D eigenvalue weighted by Gasteiger charge is 2.12. The SMILES string of the molecule is CNCc1ncoc1-c1ccc(C)o1. The van der Waals surface area contributed by atoms with Gasteiger partial charge in [0.15, 0.2) is 17.9 Å². The van der Waals surface area contributed by atoms with Crippen LogP contribution in [0.4, 0.5) is 0 Å². The second kappa shape index (κ2) is 3.67. The molecule has 0 radical (unpaired) electrons. The van der Waals surface area contributed by atoms with E-state index >= 15 is 0 Å².